The molecule has 0 aliphatic carbocycles. The third kappa shape index (κ3) is 2.13. The zero-order chi connectivity index (χ0) is 13.1. The van der Waals surface area contributed by atoms with Gasteiger partial charge in [-0.2, -0.15) is 0 Å². The van der Waals surface area contributed by atoms with Gasteiger partial charge in [0, 0.05) is 5.56 Å². The van der Waals surface area contributed by atoms with Gasteiger partial charge in [-0.15, -0.1) is 0 Å². The Labute approximate surface area is 104 Å². The second-order valence-electron chi connectivity index (χ2n) is 3.74. The van der Waals surface area contributed by atoms with Crippen LogP contribution >= 0.6 is 0 Å². The van der Waals surface area contributed by atoms with E-state index in [1.165, 1.54) is 13.2 Å². The molecule has 0 heterocycles. The summed E-state index contributed by atoms with van der Waals surface area (Å²) in [5, 5.41) is 19.0. The Kier molecular flexibility index (Phi) is 3.19. The summed E-state index contributed by atoms with van der Waals surface area (Å²) in [6, 6.07) is 12.0. The van der Waals surface area contributed by atoms with Crippen LogP contribution in [0.4, 0.5) is 0 Å². The summed E-state index contributed by atoms with van der Waals surface area (Å²) >= 11 is 0. The summed E-state index contributed by atoms with van der Waals surface area (Å²) in [6.45, 7) is 0. The van der Waals surface area contributed by atoms with Gasteiger partial charge in [0.15, 0.2) is 0 Å². The van der Waals surface area contributed by atoms with Gasteiger partial charge >= 0.3 is 5.97 Å². The van der Waals surface area contributed by atoms with Crippen LogP contribution in [0.15, 0.2) is 42.5 Å². The van der Waals surface area contributed by atoms with Gasteiger partial charge in [0.1, 0.15) is 17.1 Å². The third-order valence-electron chi connectivity index (χ3n) is 2.63. The second kappa shape index (κ2) is 4.79. The minimum absolute atomic E-state index is 0.173. The number of carboxylic acids is 1. The summed E-state index contributed by atoms with van der Waals surface area (Å²) in [6.07, 6.45) is 0. The molecule has 0 unspecified atom stereocenters. The van der Waals surface area contributed by atoms with Gasteiger partial charge in [0.25, 0.3) is 0 Å². The molecule has 0 fully saturated rings. The normalized spacial score (nSPS) is 10.1. The number of hydrogen-bond acceptors (Lipinski definition) is 3. The summed E-state index contributed by atoms with van der Waals surface area (Å²) in [5.74, 6) is -1.05. The lowest BCUT2D eigenvalue weighted by molar-refractivity contribution is 0.0693. The summed E-state index contributed by atoms with van der Waals surface area (Å²) in [4.78, 5) is 11.1. The predicted molar refractivity (Wildman–Crippen MR) is 67.1 cm³/mol. The summed E-state index contributed by atoms with van der Waals surface area (Å²) in [5.41, 5.74) is 0.997. The van der Waals surface area contributed by atoms with Gasteiger partial charge in [-0.1, -0.05) is 30.3 Å². The van der Waals surface area contributed by atoms with Gasteiger partial charge in [-0.3, -0.25) is 0 Å². The van der Waals surface area contributed by atoms with Gasteiger partial charge in [0.2, 0.25) is 0 Å². The number of aromatic hydroxyl groups is 1. The maximum atomic E-state index is 11.1. The standard InChI is InChI=1S/C14H12O4/c1-18-10-7-11(9-5-3-2-4-6-9)13(15)12(8-10)14(16)17/h2-8,15H,1H3,(H,16,17). The average Bonchev–Trinajstić information content (AvgIpc) is 2.39. The molecule has 0 aliphatic heterocycles. The maximum Gasteiger partial charge on any atom is 0.339 e. The van der Waals surface area contributed by atoms with Crippen molar-refractivity contribution in [1.29, 1.82) is 0 Å². The van der Waals surface area contributed by atoms with Crippen molar-refractivity contribution in [2.45, 2.75) is 0 Å². The highest BCUT2D eigenvalue weighted by Gasteiger charge is 2.16. The van der Waals surface area contributed by atoms with Crippen molar-refractivity contribution in [3.63, 3.8) is 0 Å². The van der Waals surface area contributed by atoms with Gasteiger partial charge < -0.3 is 14.9 Å². The van der Waals surface area contributed by atoms with E-state index in [0.29, 0.717) is 11.3 Å². The van der Waals surface area contributed by atoms with Gasteiger partial charge in [-0.05, 0) is 17.7 Å². The number of methoxy groups -OCH3 is 1. The quantitative estimate of drug-likeness (QED) is 0.871. The smallest absolute Gasteiger partial charge is 0.339 e. The molecule has 2 N–H and O–H groups in total. The number of benzene rings is 2. The predicted octanol–water partition coefficient (Wildman–Crippen LogP) is 2.77. The van der Waals surface area contributed by atoms with Crippen molar-refractivity contribution in [3.05, 3.63) is 48.0 Å². The third-order valence-corrected chi connectivity index (χ3v) is 2.63. The first kappa shape index (κ1) is 12.0. The van der Waals surface area contributed by atoms with E-state index in [-0.39, 0.29) is 11.3 Å². The molecule has 0 saturated carbocycles. The largest absolute Gasteiger partial charge is 0.506 e. The summed E-state index contributed by atoms with van der Waals surface area (Å²) < 4.78 is 5.05. The number of rotatable bonds is 3. The van der Waals surface area contributed by atoms with E-state index in [0.717, 1.165) is 5.56 Å². The Morgan fingerprint density at radius 3 is 2.39 bits per heavy atom. The van der Waals surface area contributed by atoms with E-state index in [1.807, 2.05) is 18.2 Å². The van der Waals surface area contributed by atoms with E-state index < -0.39 is 5.97 Å². The maximum absolute atomic E-state index is 11.1. The first-order chi connectivity index (χ1) is 8.63. The molecule has 0 amide bonds. The fourth-order valence-corrected chi connectivity index (χ4v) is 1.73. The number of hydrogen-bond donors (Lipinski definition) is 2. The van der Waals surface area contributed by atoms with Crippen molar-refractivity contribution in [2.24, 2.45) is 0 Å². The molecular weight excluding hydrogens is 232 g/mol. The van der Waals surface area contributed by atoms with E-state index in [4.69, 9.17) is 9.84 Å². The van der Waals surface area contributed by atoms with Crippen LogP contribution in [0.25, 0.3) is 11.1 Å². The molecule has 0 spiro atoms. The highest BCUT2D eigenvalue weighted by Crippen LogP contribution is 2.36. The Bertz CT molecular complexity index is 576. The SMILES string of the molecule is COc1cc(C(=O)O)c(O)c(-c2ccccc2)c1. The Morgan fingerprint density at radius 2 is 1.83 bits per heavy atom. The van der Waals surface area contributed by atoms with Crippen LogP contribution in [0.5, 0.6) is 11.5 Å². The van der Waals surface area contributed by atoms with Crippen molar-refractivity contribution >= 4 is 5.97 Å². The van der Waals surface area contributed by atoms with Crippen molar-refractivity contribution in [2.75, 3.05) is 7.11 Å². The van der Waals surface area contributed by atoms with E-state index in [1.54, 1.807) is 18.2 Å². The van der Waals surface area contributed by atoms with Crippen LogP contribution < -0.4 is 4.74 Å². The first-order valence-electron chi connectivity index (χ1n) is 5.33. The Hall–Kier alpha value is -2.49. The number of ether oxygens (including phenoxy) is 1. The molecule has 0 aromatic heterocycles. The molecule has 4 heteroatoms. The van der Waals surface area contributed by atoms with Crippen LogP contribution in [0.2, 0.25) is 0 Å². The molecule has 0 atom stereocenters. The molecule has 2 aromatic rings. The number of phenols is 1. The minimum atomic E-state index is -1.19. The Balaban J connectivity index is 2.67. The molecule has 2 rings (SSSR count). The van der Waals surface area contributed by atoms with Crippen LogP contribution in [0.1, 0.15) is 10.4 Å². The highest BCUT2D eigenvalue weighted by atomic mass is 16.5. The highest BCUT2D eigenvalue weighted by molar-refractivity contribution is 5.95. The van der Waals surface area contributed by atoms with Crippen LogP contribution in [0.3, 0.4) is 0 Å². The monoisotopic (exact) mass is 244 g/mol. The molecule has 2 aromatic carbocycles. The van der Waals surface area contributed by atoms with E-state index in [2.05, 4.69) is 0 Å². The van der Waals surface area contributed by atoms with E-state index >= 15 is 0 Å². The zero-order valence-electron chi connectivity index (χ0n) is 9.75. The lowest BCUT2D eigenvalue weighted by atomic mass is 10.0. The summed E-state index contributed by atoms with van der Waals surface area (Å²) in [7, 11) is 1.45. The number of aromatic carboxylic acids is 1. The molecule has 0 bridgehead atoms. The molecule has 4 nitrogen and oxygen atoms in total. The second-order valence-corrected chi connectivity index (χ2v) is 3.74. The lowest BCUT2D eigenvalue weighted by Gasteiger charge is -2.10. The molecule has 18 heavy (non-hydrogen) atoms. The van der Waals surface area contributed by atoms with Crippen LogP contribution in [-0.4, -0.2) is 23.3 Å². The zero-order valence-corrected chi connectivity index (χ0v) is 9.75. The lowest BCUT2D eigenvalue weighted by Crippen LogP contribution is -1.99. The molecule has 0 radical (unpaired) electrons. The molecular formula is C14H12O4. The number of carbonyl (C=O) groups is 1. The van der Waals surface area contributed by atoms with Crippen molar-refractivity contribution in [1.82, 2.24) is 0 Å². The van der Waals surface area contributed by atoms with E-state index in [9.17, 15) is 9.90 Å². The first-order valence-corrected chi connectivity index (χ1v) is 5.33. The fraction of sp³-hybridized carbons (Fsp3) is 0.0714. The van der Waals surface area contributed by atoms with Gasteiger partial charge in [0.05, 0.1) is 7.11 Å². The molecule has 0 saturated heterocycles. The van der Waals surface area contributed by atoms with Crippen LogP contribution in [-0.2, 0) is 0 Å². The average molecular weight is 244 g/mol. The number of carboxylic acid groups (broad SMARTS) is 1. The molecule has 0 aliphatic rings. The van der Waals surface area contributed by atoms with Crippen LogP contribution in [0, 0.1) is 0 Å². The topological polar surface area (TPSA) is 66.8 Å². The minimum Gasteiger partial charge on any atom is -0.506 e. The van der Waals surface area contributed by atoms with Gasteiger partial charge in [-0.25, -0.2) is 4.79 Å². The Morgan fingerprint density at radius 1 is 1.17 bits per heavy atom. The molecule has 92 valence electrons. The van der Waals surface area contributed by atoms with Crippen molar-refractivity contribution < 1.29 is 19.7 Å². The fourth-order valence-electron chi connectivity index (χ4n) is 1.73. The van der Waals surface area contributed by atoms with Crippen molar-refractivity contribution in [3.8, 4) is 22.6 Å².